The molecule has 0 aliphatic carbocycles. The molecule has 2 aromatic heterocycles. The molecule has 3 heterocycles. The van der Waals surface area contributed by atoms with Gasteiger partial charge in [-0.3, -0.25) is 14.4 Å². The Kier molecular flexibility index (Phi) is 4.45. The molecule has 0 N–H and O–H groups in total. The number of carbonyl (C=O) groups excluding carboxylic acids is 2. The minimum Gasteiger partial charge on any atom is -0.459 e. The van der Waals surface area contributed by atoms with Crippen LogP contribution in [0.3, 0.4) is 0 Å². The topological polar surface area (TPSA) is 88.7 Å². The molecule has 0 bridgehead atoms. The smallest absolute Gasteiger partial charge is 0.289 e. The third-order valence-corrected chi connectivity index (χ3v) is 3.94. The first-order valence-electron chi connectivity index (χ1n) is 7.70. The first-order valence-corrected chi connectivity index (χ1v) is 7.70. The third kappa shape index (κ3) is 3.37. The zero-order valence-corrected chi connectivity index (χ0v) is 13.3. The van der Waals surface area contributed by atoms with Gasteiger partial charge in [-0.1, -0.05) is 0 Å². The first kappa shape index (κ1) is 16.0. The van der Waals surface area contributed by atoms with Gasteiger partial charge in [0.05, 0.1) is 12.0 Å². The molecule has 1 aliphatic rings. The summed E-state index contributed by atoms with van der Waals surface area (Å²) in [7, 11) is 0. The number of carbonyl (C=O) groups is 2. The van der Waals surface area contributed by atoms with E-state index in [4.69, 9.17) is 4.42 Å². The van der Waals surface area contributed by atoms with Gasteiger partial charge in [0.2, 0.25) is 5.91 Å². The molecule has 0 spiro atoms. The van der Waals surface area contributed by atoms with Crippen LogP contribution < -0.4 is 5.56 Å². The fourth-order valence-electron chi connectivity index (χ4n) is 2.61. The molecule has 0 radical (unpaired) electrons. The van der Waals surface area contributed by atoms with Crippen molar-refractivity contribution in [1.82, 2.24) is 19.6 Å². The highest BCUT2D eigenvalue weighted by Crippen LogP contribution is 2.09. The van der Waals surface area contributed by atoms with Gasteiger partial charge >= 0.3 is 0 Å². The molecule has 1 saturated heterocycles. The maximum atomic E-state index is 12.3. The van der Waals surface area contributed by atoms with Crippen LogP contribution in [0.25, 0.3) is 0 Å². The number of piperazine rings is 1. The van der Waals surface area contributed by atoms with E-state index < -0.39 is 0 Å². The van der Waals surface area contributed by atoms with E-state index in [2.05, 4.69) is 5.10 Å². The number of nitrogens with zero attached hydrogens (tertiary/aromatic N) is 4. The van der Waals surface area contributed by atoms with Crippen LogP contribution >= 0.6 is 0 Å². The standard InChI is InChI=1S/C16H18N4O4/c1-12-4-5-14(21)20(17-12)11-15(22)18-6-8-19(9-7-18)16(23)13-3-2-10-24-13/h2-5,10H,6-9,11H2,1H3. The van der Waals surface area contributed by atoms with E-state index in [0.29, 0.717) is 37.6 Å². The van der Waals surface area contributed by atoms with Crippen LogP contribution in [-0.2, 0) is 11.3 Å². The van der Waals surface area contributed by atoms with Crippen LogP contribution in [0.15, 0.2) is 39.7 Å². The summed E-state index contributed by atoms with van der Waals surface area (Å²) in [5, 5.41) is 4.06. The molecule has 2 aromatic rings. The summed E-state index contributed by atoms with van der Waals surface area (Å²) >= 11 is 0. The first-order chi connectivity index (χ1) is 11.5. The maximum Gasteiger partial charge on any atom is 0.289 e. The zero-order chi connectivity index (χ0) is 17.1. The van der Waals surface area contributed by atoms with Crippen LogP contribution in [0.2, 0.25) is 0 Å². The van der Waals surface area contributed by atoms with Crippen molar-refractivity contribution in [2.45, 2.75) is 13.5 Å². The van der Waals surface area contributed by atoms with Crippen molar-refractivity contribution in [2.24, 2.45) is 0 Å². The van der Waals surface area contributed by atoms with E-state index in [0.717, 1.165) is 4.68 Å². The SMILES string of the molecule is Cc1ccc(=O)n(CC(=O)N2CCN(C(=O)c3ccco3)CC2)n1. The van der Waals surface area contributed by atoms with Crippen LogP contribution in [0.1, 0.15) is 16.2 Å². The molecule has 8 nitrogen and oxygen atoms in total. The summed E-state index contributed by atoms with van der Waals surface area (Å²) in [5.74, 6) is -0.0609. The van der Waals surface area contributed by atoms with E-state index in [1.807, 2.05) is 0 Å². The molecule has 0 aromatic carbocycles. The van der Waals surface area contributed by atoms with Gasteiger partial charge in [-0.15, -0.1) is 0 Å². The second kappa shape index (κ2) is 6.69. The predicted molar refractivity (Wildman–Crippen MR) is 84.4 cm³/mol. The van der Waals surface area contributed by atoms with E-state index in [-0.39, 0.29) is 23.9 Å². The Balaban J connectivity index is 1.58. The lowest BCUT2D eigenvalue weighted by Gasteiger charge is -2.34. The fourth-order valence-corrected chi connectivity index (χ4v) is 2.61. The Hall–Kier alpha value is -2.90. The van der Waals surface area contributed by atoms with Gasteiger partial charge in [0.1, 0.15) is 6.54 Å². The maximum absolute atomic E-state index is 12.3. The average molecular weight is 330 g/mol. The summed E-state index contributed by atoms with van der Waals surface area (Å²) < 4.78 is 6.27. The monoisotopic (exact) mass is 330 g/mol. The zero-order valence-electron chi connectivity index (χ0n) is 13.3. The Labute approximate surface area is 138 Å². The quantitative estimate of drug-likeness (QED) is 0.798. The average Bonchev–Trinajstić information content (AvgIpc) is 3.12. The molecule has 126 valence electrons. The Bertz CT molecular complexity index is 789. The highest BCUT2D eigenvalue weighted by Gasteiger charge is 2.26. The van der Waals surface area contributed by atoms with E-state index in [1.54, 1.807) is 34.9 Å². The highest BCUT2D eigenvalue weighted by molar-refractivity contribution is 5.91. The molecule has 0 atom stereocenters. The molecular weight excluding hydrogens is 312 g/mol. The molecular formula is C16H18N4O4. The van der Waals surface area contributed by atoms with E-state index >= 15 is 0 Å². The predicted octanol–water partition coefficient (Wildman–Crippen LogP) is 0.129. The van der Waals surface area contributed by atoms with Gasteiger partial charge in [0.25, 0.3) is 11.5 Å². The molecule has 1 fully saturated rings. The lowest BCUT2D eigenvalue weighted by Crippen LogP contribution is -2.51. The summed E-state index contributed by atoms with van der Waals surface area (Å²) in [5.41, 5.74) is 0.372. The Morgan fingerprint density at radius 1 is 1.12 bits per heavy atom. The minimum absolute atomic E-state index is 0.0906. The normalized spacial score (nSPS) is 14.7. The van der Waals surface area contributed by atoms with Crippen molar-refractivity contribution >= 4 is 11.8 Å². The summed E-state index contributed by atoms with van der Waals surface area (Å²) in [6, 6.07) is 6.30. The van der Waals surface area contributed by atoms with Crippen molar-refractivity contribution in [1.29, 1.82) is 0 Å². The molecule has 0 unspecified atom stereocenters. The second-order valence-corrected chi connectivity index (χ2v) is 5.62. The number of hydrogen-bond acceptors (Lipinski definition) is 5. The number of rotatable bonds is 3. The van der Waals surface area contributed by atoms with E-state index in [1.165, 1.54) is 12.3 Å². The molecule has 8 heteroatoms. The number of aryl methyl sites for hydroxylation is 1. The minimum atomic E-state index is -0.305. The van der Waals surface area contributed by atoms with E-state index in [9.17, 15) is 14.4 Å². The summed E-state index contributed by atoms with van der Waals surface area (Å²) in [4.78, 5) is 39.5. The number of aromatic nitrogens is 2. The van der Waals surface area contributed by atoms with Gasteiger partial charge in [-0.25, -0.2) is 4.68 Å². The number of furan rings is 1. The van der Waals surface area contributed by atoms with Gasteiger partial charge in [0.15, 0.2) is 5.76 Å². The van der Waals surface area contributed by atoms with Gasteiger partial charge < -0.3 is 14.2 Å². The summed E-state index contributed by atoms with van der Waals surface area (Å²) in [6.45, 7) is 3.38. The van der Waals surface area contributed by atoms with Gasteiger partial charge in [0, 0.05) is 32.2 Å². The number of amides is 2. The molecule has 3 rings (SSSR count). The lowest BCUT2D eigenvalue weighted by atomic mass is 10.2. The Morgan fingerprint density at radius 2 is 1.83 bits per heavy atom. The Morgan fingerprint density at radius 3 is 2.50 bits per heavy atom. The number of hydrogen-bond donors (Lipinski definition) is 0. The van der Waals surface area contributed by atoms with Crippen LogP contribution in [-0.4, -0.2) is 57.6 Å². The van der Waals surface area contributed by atoms with Crippen LogP contribution in [0.5, 0.6) is 0 Å². The van der Waals surface area contributed by atoms with Crippen molar-refractivity contribution in [2.75, 3.05) is 26.2 Å². The summed E-state index contributed by atoms with van der Waals surface area (Å²) in [6.07, 6.45) is 1.46. The molecule has 2 amide bonds. The molecule has 1 aliphatic heterocycles. The van der Waals surface area contributed by atoms with Crippen molar-refractivity contribution in [3.05, 3.63) is 52.3 Å². The molecule has 0 saturated carbocycles. The van der Waals surface area contributed by atoms with Crippen molar-refractivity contribution < 1.29 is 14.0 Å². The van der Waals surface area contributed by atoms with Crippen molar-refractivity contribution in [3.63, 3.8) is 0 Å². The second-order valence-electron chi connectivity index (χ2n) is 5.62. The van der Waals surface area contributed by atoms with Gasteiger partial charge in [-0.2, -0.15) is 5.10 Å². The van der Waals surface area contributed by atoms with Crippen molar-refractivity contribution in [3.8, 4) is 0 Å². The third-order valence-electron chi connectivity index (χ3n) is 3.94. The fraction of sp³-hybridized carbons (Fsp3) is 0.375. The highest BCUT2D eigenvalue weighted by atomic mass is 16.3. The largest absolute Gasteiger partial charge is 0.459 e. The molecule has 24 heavy (non-hydrogen) atoms. The van der Waals surface area contributed by atoms with Gasteiger partial charge in [-0.05, 0) is 25.1 Å². The van der Waals surface area contributed by atoms with Crippen LogP contribution in [0.4, 0.5) is 0 Å². The van der Waals surface area contributed by atoms with Crippen LogP contribution in [0, 0.1) is 6.92 Å². The lowest BCUT2D eigenvalue weighted by molar-refractivity contribution is -0.133.